The van der Waals surface area contributed by atoms with Crippen molar-refractivity contribution in [3.63, 3.8) is 0 Å². The van der Waals surface area contributed by atoms with Gasteiger partial charge < -0.3 is 0 Å². The fraction of sp³-hybridized carbons (Fsp3) is 0.333. The Hall–Kier alpha value is -0.533. The SMILES string of the molecule is C=CCC[SiH](CCCl)c1ccccc1. The lowest BCUT2D eigenvalue weighted by Crippen LogP contribution is -2.29. The van der Waals surface area contributed by atoms with Crippen LogP contribution in [-0.2, 0) is 0 Å². The predicted octanol–water partition coefficient (Wildman–Crippen LogP) is 2.94. The van der Waals surface area contributed by atoms with Crippen molar-refractivity contribution < 1.29 is 0 Å². The summed E-state index contributed by atoms with van der Waals surface area (Å²) in [6.45, 7) is 3.78. The van der Waals surface area contributed by atoms with Crippen LogP contribution in [0.5, 0.6) is 0 Å². The predicted molar refractivity (Wildman–Crippen MR) is 68.4 cm³/mol. The lowest BCUT2D eigenvalue weighted by atomic mass is 10.4. The molecule has 1 atom stereocenters. The molecule has 0 radical (unpaired) electrons. The molecule has 1 aromatic rings. The number of alkyl halides is 1. The van der Waals surface area contributed by atoms with Crippen LogP contribution in [0.25, 0.3) is 0 Å². The molecule has 0 nitrogen and oxygen atoms in total. The highest BCUT2D eigenvalue weighted by atomic mass is 35.5. The van der Waals surface area contributed by atoms with Crippen LogP contribution in [0.1, 0.15) is 6.42 Å². The zero-order valence-corrected chi connectivity index (χ0v) is 10.4. The van der Waals surface area contributed by atoms with Crippen molar-refractivity contribution >= 4 is 25.6 Å². The maximum absolute atomic E-state index is 5.83. The highest BCUT2D eigenvalue weighted by Gasteiger charge is 2.10. The molecular weight excluding hydrogens is 208 g/mol. The van der Waals surface area contributed by atoms with Crippen LogP contribution in [0, 0.1) is 0 Å². The molecule has 0 heterocycles. The topological polar surface area (TPSA) is 0 Å². The van der Waals surface area contributed by atoms with Gasteiger partial charge in [0.2, 0.25) is 0 Å². The summed E-state index contributed by atoms with van der Waals surface area (Å²) in [6, 6.07) is 13.3. The lowest BCUT2D eigenvalue weighted by Gasteiger charge is -2.12. The zero-order valence-electron chi connectivity index (χ0n) is 8.45. The second kappa shape index (κ2) is 6.85. The standard InChI is InChI=1S/C12H17ClSi/c1-2-3-10-14(11-9-13)12-7-5-4-6-8-12/h2,4-8,14H,1,3,9-11H2. The first kappa shape index (κ1) is 11.5. The highest BCUT2D eigenvalue weighted by Crippen LogP contribution is 2.06. The molecule has 0 spiro atoms. The van der Waals surface area contributed by atoms with Gasteiger partial charge in [-0.3, -0.25) is 0 Å². The van der Waals surface area contributed by atoms with Gasteiger partial charge >= 0.3 is 0 Å². The largest absolute Gasteiger partial charge is 0.127 e. The minimum Gasteiger partial charge on any atom is -0.127 e. The van der Waals surface area contributed by atoms with Gasteiger partial charge in [-0.25, -0.2) is 0 Å². The molecule has 0 aliphatic rings. The number of hydrogen-bond acceptors (Lipinski definition) is 0. The Morgan fingerprint density at radius 1 is 1.21 bits per heavy atom. The highest BCUT2D eigenvalue weighted by molar-refractivity contribution is 6.73. The molecule has 2 heteroatoms. The van der Waals surface area contributed by atoms with E-state index in [9.17, 15) is 0 Å². The van der Waals surface area contributed by atoms with Crippen LogP contribution in [-0.4, -0.2) is 14.7 Å². The number of rotatable bonds is 6. The fourth-order valence-electron chi connectivity index (χ4n) is 1.65. The summed E-state index contributed by atoms with van der Waals surface area (Å²) < 4.78 is 0. The molecule has 0 saturated carbocycles. The summed E-state index contributed by atoms with van der Waals surface area (Å²) in [6.07, 6.45) is 3.14. The summed E-state index contributed by atoms with van der Waals surface area (Å²) in [4.78, 5) is 0. The Morgan fingerprint density at radius 2 is 1.93 bits per heavy atom. The van der Waals surface area contributed by atoms with Crippen LogP contribution < -0.4 is 5.19 Å². The molecule has 76 valence electrons. The molecule has 0 N–H and O–H groups in total. The van der Waals surface area contributed by atoms with Gasteiger partial charge in [-0.1, -0.05) is 47.6 Å². The van der Waals surface area contributed by atoms with Crippen LogP contribution in [0.3, 0.4) is 0 Å². The molecule has 0 aliphatic heterocycles. The number of allylic oxidation sites excluding steroid dienone is 1. The van der Waals surface area contributed by atoms with Crippen LogP contribution in [0.2, 0.25) is 12.1 Å². The quantitative estimate of drug-likeness (QED) is 0.396. The van der Waals surface area contributed by atoms with Gasteiger partial charge in [0.25, 0.3) is 0 Å². The molecule has 0 aliphatic carbocycles. The first-order chi connectivity index (χ1) is 6.88. The van der Waals surface area contributed by atoms with E-state index >= 15 is 0 Å². The van der Waals surface area contributed by atoms with Crippen LogP contribution >= 0.6 is 11.6 Å². The van der Waals surface area contributed by atoms with Crippen molar-refractivity contribution in [2.45, 2.75) is 18.5 Å². The van der Waals surface area contributed by atoms with Gasteiger partial charge in [0.1, 0.15) is 0 Å². The van der Waals surface area contributed by atoms with Gasteiger partial charge in [-0.15, -0.1) is 18.2 Å². The zero-order chi connectivity index (χ0) is 10.2. The molecule has 0 saturated heterocycles. The third kappa shape index (κ3) is 3.68. The minimum atomic E-state index is -0.813. The van der Waals surface area contributed by atoms with E-state index in [0.717, 1.165) is 12.3 Å². The molecular formula is C12H17ClSi. The van der Waals surface area contributed by atoms with Crippen molar-refractivity contribution in [1.29, 1.82) is 0 Å². The Kier molecular flexibility index (Phi) is 5.65. The van der Waals surface area contributed by atoms with Gasteiger partial charge in [0, 0.05) is 5.88 Å². The van der Waals surface area contributed by atoms with Crippen molar-refractivity contribution in [2.75, 3.05) is 5.88 Å². The molecule has 1 rings (SSSR count). The van der Waals surface area contributed by atoms with Gasteiger partial charge in [0.15, 0.2) is 0 Å². The van der Waals surface area contributed by atoms with E-state index < -0.39 is 8.80 Å². The van der Waals surface area contributed by atoms with Crippen molar-refractivity contribution in [3.8, 4) is 0 Å². The molecule has 0 aromatic heterocycles. The van der Waals surface area contributed by atoms with E-state index in [0.29, 0.717) is 0 Å². The number of hydrogen-bond donors (Lipinski definition) is 0. The number of halogens is 1. The third-order valence-electron chi connectivity index (χ3n) is 2.45. The van der Waals surface area contributed by atoms with Gasteiger partial charge in [-0.2, -0.15) is 0 Å². The molecule has 1 unspecified atom stereocenters. The summed E-state index contributed by atoms with van der Waals surface area (Å²) in [5.74, 6) is 0.795. The van der Waals surface area contributed by atoms with Crippen molar-refractivity contribution in [3.05, 3.63) is 43.0 Å². The molecule has 0 bridgehead atoms. The van der Waals surface area contributed by atoms with Crippen molar-refractivity contribution in [2.24, 2.45) is 0 Å². The van der Waals surface area contributed by atoms with E-state index in [4.69, 9.17) is 11.6 Å². The monoisotopic (exact) mass is 224 g/mol. The summed E-state index contributed by atoms with van der Waals surface area (Å²) >= 11 is 5.83. The number of benzene rings is 1. The maximum atomic E-state index is 5.83. The van der Waals surface area contributed by atoms with E-state index in [1.165, 1.54) is 17.3 Å². The Bertz CT molecular complexity index is 258. The van der Waals surface area contributed by atoms with Gasteiger partial charge in [0.05, 0.1) is 8.80 Å². The van der Waals surface area contributed by atoms with Crippen molar-refractivity contribution in [1.82, 2.24) is 0 Å². The summed E-state index contributed by atoms with van der Waals surface area (Å²) in [5, 5.41) is 1.54. The summed E-state index contributed by atoms with van der Waals surface area (Å²) in [7, 11) is -0.813. The Labute approximate surface area is 93.2 Å². The van der Waals surface area contributed by atoms with Crippen LogP contribution in [0.15, 0.2) is 43.0 Å². The first-order valence-corrected chi connectivity index (χ1v) is 7.84. The second-order valence-electron chi connectivity index (χ2n) is 3.45. The molecule has 1 aromatic carbocycles. The van der Waals surface area contributed by atoms with E-state index in [1.54, 1.807) is 0 Å². The average Bonchev–Trinajstić information content (AvgIpc) is 2.25. The smallest absolute Gasteiger partial charge is 0.0722 e. The summed E-state index contributed by atoms with van der Waals surface area (Å²) in [5.41, 5.74) is 0. The van der Waals surface area contributed by atoms with E-state index in [2.05, 4.69) is 36.9 Å². The average molecular weight is 225 g/mol. The van der Waals surface area contributed by atoms with Crippen LogP contribution in [0.4, 0.5) is 0 Å². The second-order valence-corrected chi connectivity index (χ2v) is 7.04. The Morgan fingerprint density at radius 3 is 2.50 bits per heavy atom. The van der Waals surface area contributed by atoms with E-state index in [-0.39, 0.29) is 0 Å². The molecule has 14 heavy (non-hydrogen) atoms. The third-order valence-corrected chi connectivity index (χ3v) is 6.38. The Balaban J connectivity index is 2.62. The normalized spacial score (nSPS) is 12.4. The minimum absolute atomic E-state index is 0.795. The molecule has 0 amide bonds. The van der Waals surface area contributed by atoms with Gasteiger partial charge in [-0.05, 0) is 12.5 Å². The fourth-order valence-corrected chi connectivity index (χ4v) is 5.07. The molecule has 0 fully saturated rings. The maximum Gasteiger partial charge on any atom is 0.0722 e. The van der Waals surface area contributed by atoms with E-state index in [1.807, 2.05) is 6.08 Å². The first-order valence-electron chi connectivity index (χ1n) is 5.10. The lowest BCUT2D eigenvalue weighted by molar-refractivity contribution is 1.18.